The fourth-order valence-electron chi connectivity index (χ4n) is 2.60. The van der Waals surface area contributed by atoms with Crippen molar-refractivity contribution in [3.8, 4) is 0 Å². The minimum atomic E-state index is -3.18. The van der Waals surface area contributed by atoms with Gasteiger partial charge in [-0.3, -0.25) is 4.90 Å². The minimum Gasteiger partial charge on any atom is -0.478 e. The van der Waals surface area contributed by atoms with Crippen LogP contribution in [0.2, 0.25) is 0 Å². The van der Waals surface area contributed by atoms with Crippen LogP contribution >= 0.6 is 0 Å². The highest BCUT2D eigenvalue weighted by molar-refractivity contribution is 7.90. The van der Waals surface area contributed by atoms with E-state index in [-0.39, 0.29) is 4.90 Å². The van der Waals surface area contributed by atoms with E-state index in [4.69, 9.17) is 20.4 Å². The summed E-state index contributed by atoms with van der Waals surface area (Å²) in [6, 6.07) is 6.49. The van der Waals surface area contributed by atoms with Gasteiger partial charge in [-0.1, -0.05) is 12.1 Å². The Labute approximate surface area is 208 Å². The van der Waals surface area contributed by atoms with Gasteiger partial charge >= 0.3 is 23.9 Å². The second-order valence-electron chi connectivity index (χ2n) is 7.48. The van der Waals surface area contributed by atoms with Crippen LogP contribution in [0.15, 0.2) is 53.5 Å². The number of likely N-dealkylation sites (N-methyl/N-ethyl adjacent to an activating group) is 1. The Morgan fingerprint density at radius 2 is 1.17 bits per heavy atom. The monoisotopic (exact) mass is 530 g/mol. The van der Waals surface area contributed by atoms with E-state index in [1.54, 1.807) is 24.3 Å². The third kappa shape index (κ3) is 16.1. The average molecular weight is 531 g/mol. The van der Waals surface area contributed by atoms with Crippen molar-refractivity contribution in [2.75, 3.05) is 46.0 Å². The second kappa shape index (κ2) is 16.1. The van der Waals surface area contributed by atoms with E-state index in [1.165, 1.54) is 6.26 Å². The van der Waals surface area contributed by atoms with E-state index in [1.807, 2.05) is 0 Å². The summed E-state index contributed by atoms with van der Waals surface area (Å²) in [6.07, 6.45) is 2.84. The summed E-state index contributed by atoms with van der Waals surface area (Å²) >= 11 is 0. The third-order valence-corrected chi connectivity index (χ3v) is 5.59. The normalized spacial score (nSPS) is 15.3. The molecule has 0 amide bonds. The molecule has 0 saturated carbocycles. The van der Waals surface area contributed by atoms with Crippen molar-refractivity contribution in [3.63, 3.8) is 0 Å². The molecule has 0 aromatic heterocycles. The number of benzene rings is 1. The van der Waals surface area contributed by atoms with E-state index in [9.17, 15) is 32.7 Å². The van der Waals surface area contributed by atoms with E-state index in [2.05, 4.69) is 16.8 Å². The number of hydrogen-bond donors (Lipinski definition) is 5. The quantitative estimate of drug-likeness (QED) is 0.276. The molecule has 0 aliphatic carbocycles. The Morgan fingerprint density at radius 1 is 0.806 bits per heavy atom. The van der Waals surface area contributed by atoms with Crippen LogP contribution in [-0.2, 0) is 29.0 Å². The van der Waals surface area contributed by atoms with Crippen molar-refractivity contribution in [2.45, 2.75) is 11.0 Å². The van der Waals surface area contributed by atoms with Crippen LogP contribution in [0.3, 0.4) is 0 Å². The standard InChI is InChI=1S/C14H22N2O3S.2C4H4O4/c1-15-7-9-16(10-8-15)11-14(17)12-3-5-13(6-4-12)20(2,18)19;2*5-3(6)1-2-4(7)8/h3-6,14,17H,7-11H2,1-2H3;2*1-2H,(H,5,6)(H,7,8)/b;2*2-1+. The van der Waals surface area contributed by atoms with Gasteiger partial charge in [0.25, 0.3) is 0 Å². The lowest BCUT2D eigenvalue weighted by Gasteiger charge is -2.33. The first-order valence-corrected chi connectivity index (χ1v) is 12.2. The smallest absolute Gasteiger partial charge is 0.328 e. The molecule has 1 unspecified atom stereocenters. The lowest BCUT2D eigenvalue weighted by atomic mass is 10.1. The van der Waals surface area contributed by atoms with Gasteiger partial charge in [-0.25, -0.2) is 27.6 Å². The first-order chi connectivity index (χ1) is 16.6. The van der Waals surface area contributed by atoms with Crippen molar-refractivity contribution in [2.24, 2.45) is 0 Å². The fraction of sp³-hybridized carbons (Fsp3) is 0.364. The van der Waals surface area contributed by atoms with Crippen molar-refractivity contribution in [1.82, 2.24) is 9.80 Å². The molecule has 13 nitrogen and oxygen atoms in total. The van der Waals surface area contributed by atoms with Crippen molar-refractivity contribution in [1.29, 1.82) is 0 Å². The van der Waals surface area contributed by atoms with Crippen LogP contribution in [0.1, 0.15) is 11.7 Å². The van der Waals surface area contributed by atoms with Gasteiger partial charge in [0.05, 0.1) is 11.0 Å². The summed E-state index contributed by atoms with van der Waals surface area (Å²) < 4.78 is 22.8. The molecule has 1 saturated heterocycles. The number of carboxylic acids is 4. The Kier molecular flexibility index (Phi) is 14.5. The molecule has 1 fully saturated rings. The predicted octanol–water partition coefficient (Wildman–Crippen LogP) is -0.205. The van der Waals surface area contributed by atoms with Gasteiger partial charge in [-0.05, 0) is 24.7 Å². The van der Waals surface area contributed by atoms with Crippen LogP contribution in [0.5, 0.6) is 0 Å². The molecule has 0 radical (unpaired) electrons. The van der Waals surface area contributed by atoms with Crippen LogP contribution in [-0.4, -0.2) is 114 Å². The first kappa shape index (κ1) is 32.4. The highest BCUT2D eigenvalue weighted by Crippen LogP contribution is 2.18. The molecule has 36 heavy (non-hydrogen) atoms. The number of nitrogens with zero attached hydrogens (tertiary/aromatic N) is 2. The molecule has 14 heteroatoms. The van der Waals surface area contributed by atoms with E-state index >= 15 is 0 Å². The summed E-state index contributed by atoms with van der Waals surface area (Å²) in [5.74, 6) is -5.03. The molecule has 1 heterocycles. The van der Waals surface area contributed by atoms with E-state index in [0.29, 0.717) is 30.8 Å². The predicted molar refractivity (Wildman–Crippen MR) is 127 cm³/mol. The molecule has 1 aliphatic rings. The maximum Gasteiger partial charge on any atom is 0.328 e. The summed E-state index contributed by atoms with van der Waals surface area (Å²) in [6.45, 7) is 4.52. The van der Waals surface area contributed by atoms with Gasteiger partial charge in [0.15, 0.2) is 9.84 Å². The lowest BCUT2D eigenvalue weighted by Crippen LogP contribution is -2.45. The van der Waals surface area contributed by atoms with Crippen molar-refractivity contribution >= 4 is 33.7 Å². The van der Waals surface area contributed by atoms with Crippen LogP contribution in [0.4, 0.5) is 0 Å². The Bertz CT molecular complexity index is 976. The number of aliphatic hydroxyl groups excluding tert-OH is 1. The lowest BCUT2D eigenvalue weighted by molar-refractivity contribution is -0.134. The average Bonchev–Trinajstić information content (AvgIpc) is 2.78. The molecule has 1 aliphatic heterocycles. The number of aliphatic hydroxyl groups is 1. The van der Waals surface area contributed by atoms with Gasteiger partial charge in [0.1, 0.15) is 0 Å². The maximum atomic E-state index is 11.4. The van der Waals surface area contributed by atoms with Gasteiger partial charge in [-0.15, -0.1) is 0 Å². The minimum absolute atomic E-state index is 0.285. The third-order valence-electron chi connectivity index (χ3n) is 4.46. The molecule has 1 atom stereocenters. The molecule has 5 N–H and O–H groups in total. The Hall–Kier alpha value is -3.59. The number of aliphatic carboxylic acids is 4. The fourth-order valence-corrected chi connectivity index (χ4v) is 3.23. The molecule has 0 spiro atoms. The van der Waals surface area contributed by atoms with Gasteiger partial charge in [0, 0.05) is 63.3 Å². The number of piperazine rings is 1. The summed E-state index contributed by atoms with van der Waals surface area (Å²) in [5, 5.41) is 41.5. The van der Waals surface area contributed by atoms with Crippen LogP contribution in [0, 0.1) is 0 Å². The molecule has 1 aromatic rings. The van der Waals surface area contributed by atoms with Crippen LogP contribution in [0.25, 0.3) is 0 Å². The topological polar surface area (TPSA) is 210 Å². The van der Waals surface area contributed by atoms with Gasteiger partial charge < -0.3 is 30.4 Å². The largest absolute Gasteiger partial charge is 0.478 e. The molecule has 1 aromatic carbocycles. The van der Waals surface area contributed by atoms with Gasteiger partial charge in [-0.2, -0.15) is 0 Å². The van der Waals surface area contributed by atoms with Gasteiger partial charge in [0.2, 0.25) is 0 Å². The highest BCUT2D eigenvalue weighted by atomic mass is 32.2. The van der Waals surface area contributed by atoms with Crippen LogP contribution < -0.4 is 0 Å². The zero-order valence-electron chi connectivity index (χ0n) is 19.7. The number of hydrogen-bond acceptors (Lipinski definition) is 9. The number of sulfone groups is 1. The SMILES string of the molecule is CN1CCN(CC(O)c2ccc(S(C)(=O)=O)cc2)CC1.O=C(O)/C=C/C(=O)O.O=C(O)/C=C/C(=O)O. The summed E-state index contributed by atoms with van der Waals surface area (Å²) in [4.78, 5) is 43.0. The molecular weight excluding hydrogens is 500 g/mol. The van der Waals surface area contributed by atoms with Crippen molar-refractivity contribution in [3.05, 3.63) is 54.1 Å². The molecular formula is C22H30N2O11S. The molecule has 2 rings (SSSR count). The first-order valence-electron chi connectivity index (χ1n) is 10.3. The Morgan fingerprint density at radius 3 is 1.47 bits per heavy atom. The zero-order chi connectivity index (χ0) is 27.9. The second-order valence-corrected chi connectivity index (χ2v) is 9.50. The highest BCUT2D eigenvalue weighted by Gasteiger charge is 2.18. The molecule has 200 valence electrons. The number of carboxylic acid groups (broad SMARTS) is 4. The summed E-state index contributed by atoms with van der Waals surface area (Å²) in [7, 11) is -1.08. The van der Waals surface area contributed by atoms with Crippen molar-refractivity contribution < 1.29 is 53.1 Å². The number of β-amino-alcohol motifs (C(OH)–C–C–N with tert-alkyl or cyclic N) is 1. The van der Waals surface area contributed by atoms with E-state index in [0.717, 1.165) is 31.7 Å². The number of carbonyl (C=O) groups is 4. The van der Waals surface area contributed by atoms with E-state index < -0.39 is 39.8 Å². The number of rotatable bonds is 8. The molecule has 0 bridgehead atoms. The maximum absolute atomic E-state index is 11.4. The zero-order valence-corrected chi connectivity index (χ0v) is 20.5. The Balaban J connectivity index is 0.000000634. The summed E-state index contributed by atoms with van der Waals surface area (Å²) in [5.41, 5.74) is 0.760.